The average molecular weight is 287 g/mol. The first-order valence-corrected chi connectivity index (χ1v) is 7.58. The summed E-state index contributed by atoms with van der Waals surface area (Å²) in [5, 5.41) is 1.79. The molecule has 0 heterocycles. The van der Waals surface area contributed by atoms with Crippen molar-refractivity contribution in [2.24, 2.45) is 5.73 Å². The Morgan fingerprint density at radius 2 is 1.89 bits per heavy atom. The molecule has 6 heteroatoms. The van der Waals surface area contributed by atoms with Crippen molar-refractivity contribution >= 4 is 27.7 Å². The number of hydrogen-bond donors (Lipinski definition) is 2. The zero-order valence-corrected chi connectivity index (χ0v) is 11.3. The fraction of sp³-hybridized carbons (Fsp3) is 0.333. The minimum Gasteiger partial charge on any atom is -0.328 e. The Hall–Kier alpha value is -0.880. The van der Waals surface area contributed by atoms with Crippen molar-refractivity contribution < 1.29 is 8.42 Å². The lowest BCUT2D eigenvalue weighted by atomic mass is 9.89. The van der Waals surface area contributed by atoms with Crippen LogP contribution in [0.5, 0.6) is 0 Å². The van der Waals surface area contributed by atoms with Crippen LogP contribution in [0.4, 0.5) is 0 Å². The Labute approximate surface area is 112 Å². The Balaban J connectivity index is 1.97. The molecule has 1 aliphatic carbocycles. The summed E-state index contributed by atoms with van der Waals surface area (Å²) in [5.74, 6) is 0. The molecule has 1 aromatic carbocycles. The lowest BCUT2D eigenvalue weighted by molar-refractivity contribution is 0.328. The molecule has 0 spiro atoms. The molecule has 98 valence electrons. The summed E-state index contributed by atoms with van der Waals surface area (Å²) in [4.78, 5) is 0. The molecule has 0 aromatic heterocycles. The van der Waals surface area contributed by atoms with E-state index in [-0.39, 0.29) is 12.1 Å². The number of sulfonamides is 1. The predicted molar refractivity (Wildman–Crippen MR) is 73.5 cm³/mol. The fourth-order valence-corrected chi connectivity index (χ4v) is 2.97. The van der Waals surface area contributed by atoms with Crippen molar-refractivity contribution in [1.82, 2.24) is 4.72 Å². The molecule has 3 N–H and O–H groups in total. The van der Waals surface area contributed by atoms with Crippen molar-refractivity contribution in [2.75, 3.05) is 0 Å². The van der Waals surface area contributed by atoms with Gasteiger partial charge in [0, 0.05) is 22.5 Å². The van der Waals surface area contributed by atoms with Crippen LogP contribution in [-0.2, 0) is 10.0 Å². The Morgan fingerprint density at radius 1 is 1.28 bits per heavy atom. The largest absolute Gasteiger partial charge is 0.328 e. The van der Waals surface area contributed by atoms with E-state index in [1.165, 1.54) is 11.5 Å². The summed E-state index contributed by atoms with van der Waals surface area (Å²) in [6.07, 6.45) is 2.94. The molecule has 1 aliphatic rings. The maximum absolute atomic E-state index is 11.7. The van der Waals surface area contributed by atoms with Crippen molar-refractivity contribution in [2.45, 2.75) is 24.9 Å². The van der Waals surface area contributed by atoms with Crippen LogP contribution in [0, 0.1) is 0 Å². The summed E-state index contributed by atoms with van der Waals surface area (Å²) in [5.41, 5.74) is 6.39. The molecule has 18 heavy (non-hydrogen) atoms. The lowest BCUT2D eigenvalue weighted by Crippen LogP contribution is -2.49. The third kappa shape index (κ3) is 3.81. The van der Waals surface area contributed by atoms with Gasteiger partial charge in [0.2, 0.25) is 10.0 Å². The van der Waals surface area contributed by atoms with E-state index in [1.54, 1.807) is 24.3 Å². The van der Waals surface area contributed by atoms with Crippen LogP contribution in [0.2, 0.25) is 5.02 Å². The third-order valence-corrected chi connectivity index (χ3v) is 4.22. The smallest absolute Gasteiger partial charge is 0.233 e. The second kappa shape index (κ2) is 5.40. The zero-order valence-electron chi connectivity index (χ0n) is 9.71. The number of benzene rings is 1. The minimum absolute atomic E-state index is 0.0279. The summed E-state index contributed by atoms with van der Waals surface area (Å²) in [6.45, 7) is 0. The first kappa shape index (κ1) is 13.5. The monoisotopic (exact) mass is 286 g/mol. The molecule has 2 rings (SSSR count). The second-order valence-corrected chi connectivity index (χ2v) is 6.48. The third-order valence-electron chi connectivity index (χ3n) is 2.82. The van der Waals surface area contributed by atoms with Gasteiger partial charge in [-0.3, -0.25) is 0 Å². The molecule has 0 amide bonds. The predicted octanol–water partition coefficient (Wildman–Crippen LogP) is 1.72. The van der Waals surface area contributed by atoms with Crippen LogP contribution >= 0.6 is 11.6 Å². The molecular weight excluding hydrogens is 272 g/mol. The normalized spacial score (nSPS) is 24.1. The Bertz CT molecular complexity index is 534. The molecule has 1 saturated carbocycles. The van der Waals surface area contributed by atoms with Gasteiger partial charge < -0.3 is 5.73 Å². The van der Waals surface area contributed by atoms with Crippen LogP contribution in [0.25, 0.3) is 6.08 Å². The van der Waals surface area contributed by atoms with Gasteiger partial charge in [-0.15, -0.1) is 0 Å². The van der Waals surface area contributed by atoms with Gasteiger partial charge in [0.05, 0.1) is 0 Å². The molecule has 0 saturated heterocycles. The molecule has 0 atom stereocenters. The quantitative estimate of drug-likeness (QED) is 0.885. The molecule has 1 aromatic rings. The fourth-order valence-electron chi connectivity index (χ4n) is 1.77. The number of hydrogen-bond acceptors (Lipinski definition) is 3. The Kier molecular flexibility index (Phi) is 4.07. The highest BCUT2D eigenvalue weighted by Gasteiger charge is 2.28. The van der Waals surface area contributed by atoms with Gasteiger partial charge in [0.1, 0.15) is 0 Å². The van der Waals surface area contributed by atoms with E-state index in [1.807, 2.05) is 0 Å². The van der Waals surface area contributed by atoms with E-state index in [2.05, 4.69) is 4.72 Å². The topological polar surface area (TPSA) is 72.2 Å². The van der Waals surface area contributed by atoms with E-state index in [9.17, 15) is 8.42 Å². The minimum atomic E-state index is -3.39. The van der Waals surface area contributed by atoms with E-state index in [0.717, 1.165) is 5.56 Å². The number of rotatable bonds is 4. The first-order chi connectivity index (χ1) is 8.44. The van der Waals surface area contributed by atoms with Gasteiger partial charge in [-0.25, -0.2) is 13.1 Å². The maximum Gasteiger partial charge on any atom is 0.233 e. The summed E-state index contributed by atoms with van der Waals surface area (Å²) >= 11 is 5.74. The highest BCUT2D eigenvalue weighted by Crippen LogP contribution is 2.18. The van der Waals surface area contributed by atoms with Crippen LogP contribution in [0.1, 0.15) is 18.4 Å². The van der Waals surface area contributed by atoms with E-state index in [4.69, 9.17) is 17.3 Å². The average Bonchev–Trinajstić information content (AvgIpc) is 2.26. The van der Waals surface area contributed by atoms with Crippen LogP contribution in [0.3, 0.4) is 0 Å². The highest BCUT2D eigenvalue weighted by molar-refractivity contribution is 7.92. The number of nitrogens with two attached hydrogens (primary N) is 1. The zero-order chi connectivity index (χ0) is 13.2. The molecular formula is C12H15ClN2O2S. The van der Waals surface area contributed by atoms with Gasteiger partial charge in [-0.1, -0.05) is 23.7 Å². The summed E-state index contributed by atoms with van der Waals surface area (Å²) in [6, 6.07) is 7.04. The summed E-state index contributed by atoms with van der Waals surface area (Å²) < 4.78 is 26.0. The lowest BCUT2D eigenvalue weighted by Gasteiger charge is -2.32. The van der Waals surface area contributed by atoms with Gasteiger partial charge in [-0.2, -0.15) is 0 Å². The molecule has 0 unspecified atom stereocenters. The van der Waals surface area contributed by atoms with Crippen molar-refractivity contribution in [3.63, 3.8) is 0 Å². The van der Waals surface area contributed by atoms with Crippen molar-refractivity contribution in [3.05, 3.63) is 40.3 Å². The second-order valence-electron chi connectivity index (χ2n) is 4.45. The van der Waals surface area contributed by atoms with Gasteiger partial charge in [0.25, 0.3) is 0 Å². The molecule has 0 bridgehead atoms. The molecule has 0 radical (unpaired) electrons. The number of nitrogens with one attached hydrogen (secondary N) is 1. The highest BCUT2D eigenvalue weighted by atomic mass is 35.5. The number of halogens is 1. The van der Waals surface area contributed by atoms with Gasteiger partial charge in [0.15, 0.2) is 0 Å². The van der Waals surface area contributed by atoms with E-state index < -0.39 is 10.0 Å². The molecule has 1 fully saturated rings. The van der Waals surface area contributed by atoms with Crippen molar-refractivity contribution in [3.8, 4) is 0 Å². The van der Waals surface area contributed by atoms with E-state index in [0.29, 0.717) is 17.9 Å². The Morgan fingerprint density at radius 3 is 2.44 bits per heavy atom. The first-order valence-electron chi connectivity index (χ1n) is 5.66. The molecule has 0 aliphatic heterocycles. The van der Waals surface area contributed by atoms with Crippen molar-refractivity contribution in [1.29, 1.82) is 0 Å². The summed E-state index contributed by atoms with van der Waals surface area (Å²) in [7, 11) is -3.39. The SMILES string of the molecule is NC1CC(NS(=O)(=O)/C=C/c2ccc(Cl)cc2)C1. The van der Waals surface area contributed by atoms with Gasteiger partial charge >= 0.3 is 0 Å². The van der Waals surface area contributed by atoms with Crippen LogP contribution < -0.4 is 10.5 Å². The van der Waals surface area contributed by atoms with Crippen LogP contribution in [0.15, 0.2) is 29.7 Å². The molecule has 4 nitrogen and oxygen atoms in total. The maximum atomic E-state index is 11.7. The van der Waals surface area contributed by atoms with Crippen LogP contribution in [-0.4, -0.2) is 20.5 Å². The van der Waals surface area contributed by atoms with E-state index >= 15 is 0 Å². The van der Waals surface area contributed by atoms with Gasteiger partial charge in [-0.05, 0) is 36.6 Å². The standard InChI is InChI=1S/C12H15ClN2O2S/c13-10-3-1-9(2-4-10)5-6-18(16,17)15-12-7-11(14)8-12/h1-6,11-12,15H,7-8,14H2/b6-5+.